The molecule has 0 spiro atoms. The van der Waals surface area contributed by atoms with E-state index in [1.165, 1.54) is 12.8 Å². The van der Waals surface area contributed by atoms with Crippen LogP contribution in [0.3, 0.4) is 0 Å². The summed E-state index contributed by atoms with van der Waals surface area (Å²) in [4.78, 5) is 2.47. The second-order valence-electron chi connectivity index (χ2n) is 6.51. The summed E-state index contributed by atoms with van der Waals surface area (Å²) in [5.41, 5.74) is 1.06. The first kappa shape index (κ1) is 14.1. The van der Waals surface area contributed by atoms with Crippen LogP contribution < -0.4 is 0 Å². The third-order valence-electron chi connectivity index (χ3n) is 4.50. The summed E-state index contributed by atoms with van der Waals surface area (Å²) in [6, 6.07) is 2.63. The van der Waals surface area contributed by atoms with Crippen LogP contribution in [0.4, 0.5) is 0 Å². The van der Waals surface area contributed by atoms with Gasteiger partial charge in [0.15, 0.2) is 0 Å². The Morgan fingerprint density at radius 3 is 2.90 bits per heavy atom. The lowest BCUT2D eigenvalue weighted by Crippen LogP contribution is -2.47. The molecule has 20 heavy (non-hydrogen) atoms. The molecule has 1 N–H and O–H groups in total. The van der Waals surface area contributed by atoms with E-state index in [4.69, 9.17) is 4.74 Å². The molecule has 1 saturated carbocycles. The zero-order chi connectivity index (χ0) is 14.1. The van der Waals surface area contributed by atoms with Crippen LogP contribution in [0.5, 0.6) is 0 Å². The summed E-state index contributed by atoms with van der Waals surface area (Å²) in [6.45, 7) is 8.20. The number of ether oxygens (including phenoxy) is 1. The maximum Gasteiger partial charge on any atom is 0.0881 e. The molecule has 1 aliphatic carbocycles. The molecule has 4 heteroatoms. The molecule has 2 atom stereocenters. The Bertz CT molecular complexity index is 439. The van der Waals surface area contributed by atoms with Crippen LogP contribution in [0.2, 0.25) is 0 Å². The fourth-order valence-corrected chi connectivity index (χ4v) is 2.99. The molecular weight excluding hydrogens is 252 g/mol. The maximum atomic E-state index is 10.1. The Balaban J connectivity index is 1.57. The summed E-state index contributed by atoms with van der Waals surface area (Å²) in [5.74, 6) is 0.494. The van der Waals surface area contributed by atoms with Crippen molar-refractivity contribution in [2.24, 2.45) is 5.92 Å². The summed E-state index contributed by atoms with van der Waals surface area (Å²) >= 11 is 0. The topological polar surface area (TPSA) is 37.6 Å². The molecule has 0 amide bonds. The van der Waals surface area contributed by atoms with Crippen LogP contribution in [0.1, 0.15) is 38.4 Å². The molecule has 3 rings (SSSR count). The van der Waals surface area contributed by atoms with Crippen LogP contribution in [0.25, 0.3) is 0 Å². The van der Waals surface area contributed by atoms with Gasteiger partial charge >= 0.3 is 0 Å². The summed E-state index contributed by atoms with van der Waals surface area (Å²) in [6.07, 6.45) is 6.47. The van der Waals surface area contributed by atoms with E-state index < -0.39 is 0 Å². The highest BCUT2D eigenvalue weighted by Gasteiger charge is 2.31. The van der Waals surface area contributed by atoms with Gasteiger partial charge in [0.05, 0.1) is 18.8 Å². The van der Waals surface area contributed by atoms with Crippen molar-refractivity contribution < 1.29 is 9.84 Å². The number of aliphatic hydroxyl groups is 1. The number of rotatable bonds is 5. The van der Waals surface area contributed by atoms with Crippen molar-refractivity contribution in [3.63, 3.8) is 0 Å². The van der Waals surface area contributed by atoms with Crippen LogP contribution >= 0.6 is 0 Å². The third kappa shape index (κ3) is 3.25. The van der Waals surface area contributed by atoms with Gasteiger partial charge in [-0.05, 0) is 44.2 Å². The first-order chi connectivity index (χ1) is 9.63. The number of hydrogen-bond donors (Lipinski definition) is 1. The largest absolute Gasteiger partial charge is 0.388 e. The van der Waals surface area contributed by atoms with E-state index in [0.29, 0.717) is 12.0 Å². The first-order valence-electron chi connectivity index (χ1n) is 7.83. The fourth-order valence-electron chi connectivity index (χ4n) is 2.99. The van der Waals surface area contributed by atoms with Gasteiger partial charge in [-0.2, -0.15) is 0 Å². The van der Waals surface area contributed by atoms with Crippen LogP contribution in [-0.2, 0) is 11.3 Å². The third-order valence-corrected chi connectivity index (χ3v) is 4.50. The van der Waals surface area contributed by atoms with Gasteiger partial charge in [-0.3, -0.25) is 4.90 Å². The highest BCUT2D eigenvalue weighted by molar-refractivity contribution is 5.16. The quantitative estimate of drug-likeness (QED) is 0.895. The minimum atomic E-state index is -0.268. The lowest BCUT2D eigenvalue weighted by Gasteiger charge is -2.35. The van der Waals surface area contributed by atoms with Crippen molar-refractivity contribution in [2.75, 3.05) is 19.7 Å². The van der Waals surface area contributed by atoms with Gasteiger partial charge in [-0.15, -0.1) is 0 Å². The molecule has 2 unspecified atom stereocenters. The predicted octanol–water partition coefficient (Wildman–Crippen LogP) is 2.04. The Morgan fingerprint density at radius 1 is 1.40 bits per heavy atom. The second-order valence-corrected chi connectivity index (χ2v) is 6.51. The number of aliphatic hydroxyl groups excluding tert-OH is 1. The average Bonchev–Trinajstić information content (AvgIpc) is 3.19. The van der Waals surface area contributed by atoms with Gasteiger partial charge in [0.25, 0.3) is 0 Å². The van der Waals surface area contributed by atoms with E-state index in [1.54, 1.807) is 0 Å². The minimum Gasteiger partial charge on any atom is -0.388 e. The molecule has 1 aliphatic heterocycles. The maximum absolute atomic E-state index is 10.1. The Labute approximate surface area is 121 Å². The van der Waals surface area contributed by atoms with E-state index in [-0.39, 0.29) is 12.2 Å². The fraction of sp³-hybridized carbons (Fsp3) is 0.750. The smallest absolute Gasteiger partial charge is 0.0881 e. The Morgan fingerprint density at radius 2 is 2.20 bits per heavy atom. The van der Waals surface area contributed by atoms with Crippen molar-refractivity contribution in [3.8, 4) is 0 Å². The van der Waals surface area contributed by atoms with Crippen molar-refractivity contribution in [1.82, 2.24) is 9.47 Å². The Hall–Kier alpha value is -0.840. The monoisotopic (exact) mass is 278 g/mol. The lowest BCUT2D eigenvalue weighted by molar-refractivity contribution is -0.0455. The van der Waals surface area contributed by atoms with E-state index in [2.05, 4.69) is 35.7 Å². The summed E-state index contributed by atoms with van der Waals surface area (Å²) in [7, 11) is 0. The van der Waals surface area contributed by atoms with Crippen LogP contribution in [0.15, 0.2) is 18.5 Å². The molecular formula is C16H26N2O2. The average molecular weight is 278 g/mol. The Kier molecular flexibility index (Phi) is 4.15. The van der Waals surface area contributed by atoms with E-state index in [9.17, 15) is 5.11 Å². The standard InChI is InChI=1S/C16H26N2O2/c1-12(2)18-7-8-20-15(11-18)10-17-6-5-14(9-17)16(19)13-3-4-13/h5-6,9,12-13,15-16,19H,3-4,7-8,10-11H2,1-2H3. The molecule has 4 nitrogen and oxygen atoms in total. The number of nitrogens with zero attached hydrogens (tertiary/aromatic N) is 2. The molecule has 112 valence electrons. The van der Waals surface area contributed by atoms with Gasteiger partial charge in [0.1, 0.15) is 0 Å². The number of hydrogen-bond acceptors (Lipinski definition) is 3. The molecule has 0 bridgehead atoms. The van der Waals surface area contributed by atoms with Crippen LogP contribution in [-0.4, -0.2) is 46.4 Å². The summed E-state index contributed by atoms with van der Waals surface area (Å²) < 4.78 is 8.03. The van der Waals surface area contributed by atoms with E-state index in [0.717, 1.165) is 31.8 Å². The SMILES string of the molecule is CC(C)N1CCOC(Cn2ccc(C(O)C3CC3)c2)C1. The van der Waals surface area contributed by atoms with Gasteiger partial charge in [0.2, 0.25) is 0 Å². The van der Waals surface area contributed by atoms with E-state index in [1.807, 2.05) is 6.07 Å². The summed E-state index contributed by atoms with van der Waals surface area (Å²) in [5, 5.41) is 10.1. The van der Waals surface area contributed by atoms with Crippen LogP contribution in [0, 0.1) is 5.92 Å². The molecule has 2 aliphatic rings. The van der Waals surface area contributed by atoms with Gasteiger partial charge in [0, 0.05) is 38.1 Å². The van der Waals surface area contributed by atoms with Crippen molar-refractivity contribution in [2.45, 2.75) is 51.5 Å². The van der Waals surface area contributed by atoms with Crippen molar-refractivity contribution >= 4 is 0 Å². The van der Waals surface area contributed by atoms with Gasteiger partial charge < -0.3 is 14.4 Å². The first-order valence-corrected chi connectivity index (χ1v) is 7.83. The molecule has 1 aromatic rings. The molecule has 0 radical (unpaired) electrons. The molecule has 1 aromatic heterocycles. The van der Waals surface area contributed by atoms with Gasteiger partial charge in [-0.1, -0.05) is 0 Å². The predicted molar refractivity (Wildman–Crippen MR) is 78.6 cm³/mol. The highest BCUT2D eigenvalue weighted by atomic mass is 16.5. The van der Waals surface area contributed by atoms with Crippen molar-refractivity contribution in [3.05, 3.63) is 24.0 Å². The second kappa shape index (κ2) is 5.88. The zero-order valence-corrected chi connectivity index (χ0v) is 12.5. The van der Waals surface area contributed by atoms with E-state index >= 15 is 0 Å². The molecule has 0 aromatic carbocycles. The number of aromatic nitrogens is 1. The molecule has 1 saturated heterocycles. The minimum absolute atomic E-state index is 0.254. The number of morpholine rings is 1. The molecule has 2 heterocycles. The zero-order valence-electron chi connectivity index (χ0n) is 12.5. The van der Waals surface area contributed by atoms with Crippen molar-refractivity contribution in [1.29, 1.82) is 0 Å². The lowest BCUT2D eigenvalue weighted by atomic mass is 10.1. The molecule has 2 fully saturated rings. The highest BCUT2D eigenvalue weighted by Crippen LogP contribution is 2.40. The normalized spacial score (nSPS) is 26.1. The van der Waals surface area contributed by atoms with Gasteiger partial charge in [-0.25, -0.2) is 0 Å².